The van der Waals surface area contributed by atoms with E-state index in [2.05, 4.69) is 4.98 Å². The van der Waals surface area contributed by atoms with Crippen molar-refractivity contribution in [1.82, 2.24) is 4.98 Å². The molecule has 17 heavy (non-hydrogen) atoms. The zero-order valence-electron chi connectivity index (χ0n) is 9.68. The van der Waals surface area contributed by atoms with Crippen LogP contribution in [0.5, 0.6) is 0 Å². The maximum Gasteiger partial charge on any atom is 0.270 e. The van der Waals surface area contributed by atoms with E-state index in [1.54, 1.807) is 18.3 Å². The Morgan fingerprint density at radius 2 is 2.00 bits per heavy atom. The smallest absolute Gasteiger partial charge is 0.261 e. The van der Waals surface area contributed by atoms with E-state index in [0.29, 0.717) is 0 Å². The third-order valence-corrected chi connectivity index (χ3v) is 2.82. The summed E-state index contributed by atoms with van der Waals surface area (Å²) < 4.78 is 0. The SMILES string of the molecule is Cc1nccc(-c2cccc([N+](=O)[O-])c2)c1C. The molecular formula is C13H12N2O2. The lowest BCUT2D eigenvalue weighted by Gasteiger charge is -2.07. The molecule has 0 aliphatic rings. The van der Waals surface area contributed by atoms with Crippen LogP contribution in [0.1, 0.15) is 11.3 Å². The fraction of sp³-hybridized carbons (Fsp3) is 0.154. The van der Waals surface area contributed by atoms with Gasteiger partial charge in [0, 0.05) is 24.0 Å². The molecule has 0 fully saturated rings. The molecule has 0 radical (unpaired) electrons. The van der Waals surface area contributed by atoms with Crippen LogP contribution < -0.4 is 0 Å². The van der Waals surface area contributed by atoms with Crippen molar-refractivity contribution in [3.05, 3.63) is 57.9 Å². The summed E-state index contributed by atoms with van der Waals surface area (Å²) in [6.07, 6.45) is 1.72. The van der Waals surface area contributed by atoms with Crippen LogP contribution in [-0.2, 0) is 0 Å². The normalized spacial score (nSPS) is 10.2. The molecule has 1 aromatic heterocycles. The van der Waals surface area contributed by atoms with Gasteiger partial charge in [0.05, 0.1) is 4.92 Å². The molecule has 1 heterocycles. The van der Waals surface area contributed by atoms with Gasteiger partial charge in [-0.1, -0.05) is 12.1 Å². The number of hydrogen-bond acceptors (Lipinski definition) is 3. The summed E-state index contributed by atoms with van der Waals surface area (Å²) in [5.74, 6) is 0. The monoisotopic (exact) mass is 228 g/mol. The van der Waals surface area contributed by atoms with Crippen LogP contribution in [0.4, 0.5) is 5.69 Å². The molecule has 0 aliphatic heterocycles. The Hall–Kier alpha value is -2.23. The summed E-state index contributed by atoms with van der Waals surface area (Å²) in [4.78, 5) is 14.5. The van der Waals surface area contributed by atoms with E-state index in [9.17, 15) is 10.1 Å². The van der Waals surface area contributed by atoms with Crippen molar-refractivity contribution in [2.45, 2.75) is 13.8 Å². The van der Waals surface area contributed by atoms with E-state index in [1.807, 2.05) is 26.0 Å². The van der Waals surface area contributed by atoms with E-state index in [1.165, 1.54) is 6.07 Å². The van der Waals surface area contributed by atoms with Crippen LogP contribution in [0, 0.1) is 24.0 Å². The number of hydrogen-bond donors (Lipinski definition) is 0. The number of pyridine rings is 1. The Bertz CT molecular complexity index is 579. The predicted molar refractivity (Wildman–Crippen MR) is 65.8 cm³/mol. The first-order valence-electron chi connectivity index (χ1n) is 5.26. The molecule has 4 nitrogen and oxygen atoms in total. The molecule has 0 bridgehead atoms. The van der Waals surface area contributed by atoms with Crippen LogP contribution in [0.15, 0.2) is 36.5 Å². The van der Waals surface area contributed by atoms with Crippen molar-refractivity contribution in [1.29, 1.82) is 0 Å². The van der Waals surface area contributed by atoms with Crippen molar-refractivity contribution in [3.8, 4) is 11.1 Å². The van der Waals surface area contributed by atoms with Crippen molar-refractivity contribution in [3.63, 3.8) is 0 Å². The van der Waals surface area contributed by atoms with Gasteiger partial charge in [0.2, 0.25) is 0 Å². The van der Waals surface area contributed by atoms with Gasteiger partial charge in [-0.25, -0.2) is 0 Å². The molecule has 0 atom stereocenters. The van der Waals surface area contributed by atoms with Gasteiger partial charge >= 0.3 is 0 Å². The lowest BCUT2D eigenvalue weighted by atomic mass is 10.0. The van der Waals surface area contributed by atoms with Crippen molar-refractivity contribution < 1.29 is 4.92 Å². The van der Waals surface area contributed by atoms with Gasteiger partial charge in [-0.3, -0.25) is 15.1 Å². The minimum absolute atomic E-state index is 0.108. The Morgan fingerprint density at radius 3 is 2.71 bits per heavy atom. The Balaban J connectivity index is 2.57. The lowest BCUT2D eigenvalue weighted by molar-refractivity contribution is -0.384. The number of nitro benzene ring substituents is 1. The van der Waals surface area contributed by atoms with Gasteiger partial charge in [-0.2, -0.15) is 0 Å². The first kappa shape index (κ1) is 11.3. The number of aryl methyl sites for hydroxylation is 1. The molecule has 2 aromatic rings. The lowest BCUT2D eigenvalue weighted by Crippen LogP contribution is -1.92. The molecule has 0 spiro atoms. The molecule has 4 heteroatoms. The number of nitrogens with zero attached hydrogens (tertiary/aromatic N) is 2. The van der Waals surface area contributed by atoms with Gasteiger partial charge in [0.15, 0.2) is 0 Å². The zero-order valence-corrected chi connectivity index (χ0v) is 9.68. The summed E-state index contributed by atoms with van der Waals surface area (Å²) in [5.41, 5.74) is 3.93. The molecule has 0 N–H and O–H groups in total. The highest BCUT2D eigenvalue weighted by molar-refractivity contribution is 5.69. The maximum atomic E-state index is 10.7. The molecule has 2 rings (SSSR count). The van der Waals surface area contributed by atoms with E-state index >= 15 is 0 Å². The number of non-ortho nitro benzene ring substituents is 1. The van der Waals surface area contributed by atoms with Gasteiger partial charge in [-0.15, -0.1) is 0 Å². The third-order valence-electron chi connectivity index (χ3n) is 2.82. The molecular weight excluding hydrogens is 216 g/mol. The standard InChI is InChI=1S/C13H12N2O2/c1-9-10(2)14-7-6-13(9)11-4-3-5-12(8-11)15(16)17/h3-8H,1-2H3. The van der Waals surface area contributed by atoms with Crippen LogP contribution in [0.2, 0.25) is 0 Å². The molecule has 0 unspecified atom stereocenters. The average molecular weight is 228 g/mol. The fourth-order valence-corrected chi connectivity index (χ4v) is 1.74. The number of nitro groups is 1. The van der Waals surface area contributed by atoms with Gasteiger partial charge in [0.1, 0.15) is 0 Å². The van der Waals surface area contributed by atoms with E-state index < -0.39 is 0 Å². The Labute approximate surface area is 99.1 Å². The van der Waals surface area contributed by atoms with E-state index in [4.69, 9.17) is 0 Å². The molecule has 0 saturated heterocycles. The highest BCUT2D eigenvalue weighted by Crippen LogP contribution is 2.27. The van der Waals surface area contributed by atoms with Crippen molar-refractivity contribution >= 4 is 5.69 Å². The average Bonchev–Trinajstić information content (AvgIpc) is 2.33. The van der Waals surface area contributed by atoms with Crippen LogP contribution >= 0.6 is 0 Å². The van der Waals surface area contributed by atoms with Gasteiger partial charge < -0.3 is 0 Å². The Morgan fingerprint density at radius 1 is 1.24 bits per heavy atom. The zero-order chi connectivity index (χ0) is 12.4. The van der Waals surface area contributed by atoms with Gasteiger partial charge in [0.25, 0.3) is 5.69 Å². The van der Waals surface area contributed by atoms with Crippen LogP contribution in [0.3, 0.4) is 0 Å². The largest absolute Gasteiger partial charge is 0.270 e. The second-order valence-corrected chi connectivity index (χ2v) is 3.88. The first-order chi connectivity index (χ1) is 8.09. The molecule has 0 amide bonds. The topological polar surface area (TPSA) is 56.0 Å². The number of aromatic nitrogens is 1. The first-order valence-corrected chi connectivity index (χ1v) is 5.26. The number of benzene rings is 1. The second-order valence-electron chi connectivity index (χ2n) is 3.88. The third kappa shape index (κ3) is 2.15. The van der Waals surface area contributed by atoms with Crippen LogP contribution in [0.25, 0.3) is 11.1 Å². The van der Waals surface area contributed by atoms with Crippen molar-refractivity contribution in [2.75, 3.05) is 0 Å². The highest BCUT2D eigenvalue weighted by atomic mass is 16.6. The van der Waals surface area contributed by atoms with Crippen molar-refractivity contribution in [2.24, 2.45) is 0 Å². The van der Waals surface area contributed by atoms with E-state index in [0.717, 1.165) is 22.4 Å². The molecule has 86 valence electrons. The summed E-state index contributed by atoms with van der Waals surface area (Å²) in [7, 11) is 0. The minimum atomic E-state index is -0.382. The quantitative estimate of drug-likeness (QED) is 0.585. The maximum absolute atomic E-state index is 10.7. The summed E-state index contributed by atoms with van der Waals surface area (Å²) >= 11 is 0. The van der Waals surface area contributed by atoms with Gasteiger partial charge in [-0.05, 0) is 36.6 Å². The summed E-state index contributed by atoms with van der Waals surface area (Å²) in [6.45, 7) is 3.90. The second kappa shape index (κ2) is 4.33. The molecule has 0 saturated carbocycles. The Kier molecular flexibility index (Phi) is 2.87. The predicted octanol–water partition coefficient (Wildman–Crippen LogP) is 3.27. The van der Waals surface area contributed by atoms with Crippen LogP contribution in [-0.4, -0.2) is 9.91 Å². The number of rotatable bonds is 2. The fourth-order valence-electron chi connectivity index (χ4n) is 1.74. The molecule has 1 aromatic carbocycles. The molecule has 0 aliphatic carbocycles. The minimum Gasteiger partial charge on any atom is -0.261 e. The van der Waals surface area contributed by atoms with E-state index in [-0.39, 0.29) is 10.6 Å². The highest BCUT2D eigenvalue weighted by Gasteiger charge is 2.09. The summed E-state index contributed by atoms with van der Waals surface area (Å²) in [6, 6.07) is 8.52. The summed E-state index contributed by atoms with van der Waals surface area (Å²) in [5, 5.41) is 10.7.